The number of imide groups is 1. The predicted molar refractivity (Wildman–Crippen MR) is 69.0 cm³/mol. The van der Waals surface area contributed by atoms with Gasteiger partial charge in [-0.1, -0.05) is 18.2 Å². The van der Waals surface area contributed by atoms with E-state index in [1.54, 1.807) is 24.3 Å². The van der Waals surface area contributed by atoms with Gasteiger partial charge in [0.05, 0.1) is 0 Å². The molecule has 0 saturated heterocycles. The van der Waals surface area contributed by atoms with Gasteiger partial charge >= 0.3 is 6.03 Å². The lowest BCUT2D eigenvalue weighted by atomic mass is 10.1. The first kappa shape index (κ1) is 14.5. The summed E-state index contributed by atoms with van der Waals surface area (Å²) in [6.45, 7) is 1.40. The van der Waals surface area contributed by atoms with Gasteiger partial charge in [0, 0.05) is 19.0 Å². The van der Waals surface area contributed by atoms with Crippen LogP contribution in [0.3, 0.4) is 0 Å². The lowest BCUT2D eigenvalue weighted by molar-refractivity contribution is -0.114. The zero-order valence-corrected chi connectivity index (χ0v) is 10.2. The molecular formula is C12H13N3O4. The van der Waals surface area contributed by atoms with Crippen molar-refractivity contribution in [2.75, 3.05) is 5.32 Å². The van der Waals surface area contributed by atoms with Crippen molar-refractivity contribution < 1.29 is 19.9 Å². The highest BCUT2D eigenvalue weighted by molar-refractivity contribution is 6.46. The fourth-order valence-electron chi connectivity index (χ4n) is 1.66. The Morgan fingerprint density at radius 3 is 2.58 bits per heavy atom. The molecule has 1 aromatic carbocycles. The maximum Gasteiger partial charge on any atom is 0.348 e. The molecule has 7 heteroatoms. The van der Waals surface area contributed by atoms with Crippen LogP contribution in [0.5, 0.6) is 0 Å². The summed E-state index contributed by atoms with van der Waals surface area (Å²) in [5, 5.41) is 4.74. The summed E-state index contributed by atoms with van der Waals surface area (Å²) in [6, 6.07) is 6.41. The van der Waals surface area contributed by atoms with Crippen LogP contribution in [0.15, 0.2) is 29.3 Å². The molecule has 1 aromatic rings. The number of rotatable bonds is 3. The van der Waals surface area contributed by atoms with Gasteiger partial charge in [0.1, 0.15) is 5.71 Å². The number of carbonyl (C=O) groups is 3. The highest BCUT2D eigenvalue weighted by atomic mass is 16.2. The number of hydrogen-bond acceptors (Lipinski definition) is 3. The number of benzene rings is 1. The second kappa shape index (κ2) is 5.87. The van der Waals surface area contributed by atoms with Crippen LogP contribution in [0.25, 0.3) is 0 Å². The van der Waals surface area contributed by atoms with Gasteiger partial charge in [-0.3, -0.25) is 14.9 Å². The van der Waals surface area contributed by atoms with E-state index < -0.39 is 11.9 Å². The zero-order valence-electron chi connectivity index (χ0n) is 10.2. The first-order valence-corrected chi connectivity index (χ1v) is 5.34. The smallest absolute Gasteiger partial charge is 0.348 e. The number of para-hydroxylation sites is 1. The van der Waals surface area contributed by atoms with Crippen molar-refractivity contribution in [3.8, 4) is 0 Å². The topological polar surface area (TPSA) is 119 Å². The molecule has 0 unspecified atom stereocenters. The van der Waals surface area contributed by atoms with Crippen molar-refractivity contribution in [1.29, 1.82) is 0 Å². The standard InChI is InChI=1S/C12H11N3O3.H2O/c1-7(16)13-9-5-3-2-4-8(9)6-10-11(17)15-12(18)14-10;/h2-5H,6H2,1H3,(H,13,16)(H,15,17,18);1H2. The van der Waals surface area contributed by atoms with Crippen molar-refractivity contribution in [2.45, 2.75) is 13.3 Å². The highest BCUT2D eigenvalue weighted by Crippen LogP contribution is 2.17. The third-order valence-electron chi connectivity index (χ3n) is 2.41. The van der Waals surface area contributed by atoms with Crippen LogP contribution < -0.4 is 10.6 Å². The quantitative estimate of drug-likeness (QED) is 0.801. The third-order valence-corrected chi connectivity index (χ3v) is 2.41. The Kier molecular flexibility index (Phi) is 4.49. The molecule has 19 heavy (non-hydrogen) atoms. The lowest BCUT2D eigenvalue weighted by Gasteiger charge is -2.08. The number of nitrogens with zero attached hydrogens (tertiary/aromatic N) is 1. The maximum atomic E-state index is 11.4. The first-order chi connectivity index (χ1) is 8.56. The molecule has 0 radical (unpaired) electrons. The molecule has 1 aliphatic heterocycles. The number of anilines is 1. The fourth-order valence-corrected chi connectivity index (χ4v) is 1.66. The summed E-state index contributed by atoms with van der Waals surface area (Å²) < 4.78 is 0. The molecule has 0 fully saturated rings. The Bertz CT molecular complexity index is 566. The minimum atomic E-state index is -0.646. The van der Waals surface area contributed by atoms with Crippen LogP contribution in [-0.4, -0.2) is 29.0 Å². The Morgan fingerprint density at radius 1 is 1.32 bits per heavy atom. The van der Waals surface area contributed by atoms with Gasteiger partial charge in [0.25, 0.3) is 5.91 Å². The van der Waals surface area contributed by atoms with E-state index >= 15 is 0 Å². The number of aliphatic imine (C=N–C) groups is 1. The van der Waals surface area contributed by atoms with Crippen LogP contribution >= 0.6 is 0 Å². The number of urea groups is 1. The molecule has 2 rings (SSSR count). The minimum Gasteiger partial charge on any atom is -0.412 e. The Balaban J connectivity index is 0.00000180. The summed E-state index contributed by atoms with van der Waals surface area (Å²) in [6.07, 6.45) is 0.202. The number of amides is 4. The van der Waals surface area contributed by atoms with E-state index in [1.165, 1.54) is 6.92 Å². The Morgan fingerprint density at radius 2 is 2.00 bits per heavy atom. The van der Waals surface area contributed by atoms with Crippen molar-refractivity contribution in [3.05, 3.63) is 29.8 Å². The summed E-state index contributed by atoms with van der Waals surface area (Å²) in [4.78, 5) is 36.9. The second-order valence-corrected chi connectivity index (χ2v) is 3.83. The van der Waals surface area contributed by atoms with Crippen LogP contribution in [0.4, 0.5) is 10.5 Å². The molecular weight excluding hydrogens is 250 g/mol. The second-order valence-electron chi connectivity index (χ2n) is 3.83. The van der Waals surface area contributed by atoms with Crippen molar-refractivity contribution in [1.82, 2.24) is 5.32 Å². The molecule has 0 saturated carbocycles. The van der Waals surface area contributed by atoms with Gasteiger partial charge in [-0.2, -0.15) is 4.99 Å². The average Bonchev–Trinajstić information content (AvgIpc) is 2.59. The van der Waals surface area contributed by atoms with Gasteiger partial charge in [-0.05, 0) is 11.6 Å². The van der Waals surface area contributed by atoms with E-state index in [0.29, 0.717) is 5.69 Å². The van der Waals surface area contributed by atoms with Gasteiger partial charge in [0.2, 0.25) is 5.91 Å². The molecule has 1 heterocycles. The number of carbonyl (C=O) groups excluding carboxylic acids is 3. The monoisotopic (exact) mass is 263 g/mol. The van der Waals surface area contributed by atoms with Crippen LogP contribution in [0.2, 0.25) is 0 Å². The molecule has 4 amide bonds. The van der Waals surface area contributed by atoms with E-state index in [-0.39, 0.29) is 23.5 Å². The molecule has 0 aliphatic carbocycles. The predicted octanol–water partition coefficient (Wildman–Crippen LogP) is 0.0536. The molecule has 4 N–H and O–H groups in total. The highest BCUT2D eigenvalue weighted by Gasteiger charge is 2.23. The van der Waals surface area contributed by atoms with E-state index in [0.717, 1.165) is 5.56 Å². The largest absolute Gasteiger partial charge is 0.412 e. The van der Waals surface area contributed by atoms with Crippen LogP contribution in [0, 0.1) is 0 Å². The number of nitrogens with one attached hydrogen (secondary N) is 2. The fraction of sp³-hybridized carbons (Fsp3) is 0.167. The molecule has 7 nitrogen and oxygen atoms in total. The van der Waals surface area contributed by atoms with Gasteiger partial charge in [-0.25, -0.2) is 4.79 Å². The Labute approximate surface area is 109 Å². The minimum absolute atomic E-state index is 0. The van der Waals surface area contributed by atoms with E-state index in [1.807, 2.05) is 0 Å². The van der Waals surface area contributed by atoms with E-state index in [4.69, 9.17) is 0 Å². The van der Waals surface area contributed by atoms with Crippen molar-refractivity contribution >= 4 is 29.2 Å². The molecule has 1 aliphatic rings. The van der Waals surface area contributed by atoms with Gasteiger partial charge in [0.15, 0.2) is 0 Å². The first-order valence-electron chi connectivity index (χ1n) is 5.34. The Hall–Kier alpha value is -2.54. The van der Waals surface area contributed by atoms with E-state index in [9.17, 15) is 14.4 Å². The summed E-state index contributed by atoms with van der Waals surface area (Å²) in [5.74, 6) is -0.686. The lowest BCUT2D eigenvalue weighted by Crippen LogP contribution is -2.26. The van der Waals surface area contributed by atoms with Crippen LogP contribution in [-0.2, 0) is 16.0 Å². The molecule has 0 spiro atoms. The third kappa shape index (κ3) is 3.46. The van der Waals surface area contributed by atoms with Crippen molar-refractivity contribution in [3.63, 3.8) is 0 Å². The summed E-state index contributed by atoms with van der Waals surface area (Å²) >= 11 is 0. The zero-order chi connectivity index (χ0) is 13.1. The average molecular weight is 263 g/mol. The SMILES string of the molecule is CC(=O)Nc1ccccc1CC1=NC(=O)NC1=O.O. The van der Waals surface area contributed by atoms with E-state index in [2.05, 4.69) is 15.6 Å². The van der Waals surface area contributed by atoms with Crippen molar-refractivity contribution in [2.24, 2.45) is 4.99 Å². The maximum absolute atomic E-state index is 11.4. The summed E-state index contributed by atoms with van der Waals surface area (Å²) in [5.41, 5.74) is 1.49. The molecule has 0 bridgehead atoms. The normalized spacial score (nSPS) is 13.4. The van der Waals surface area contributed by atoms with Gasteiger partial charge in [-0.15, -0.1) is 0 Å². The summed E-state index contributed by atoms with van der Waals surface area (Å²) in [7, 11) is 0. The molecule has 0 aromatic heterocycles. The molecule has 0 atom stereocenters. The number of hydrogen-bond donors (Lipinski definition) is 2. The van der Waals surface area contributed by atoms with Crippen LogP contribution in [0.1, 0.15) is 12.5 Å². The van der Waals surface area contributed by atoms with Gasteiger partial charge < -0.3 is 10.8 Å². The molecule has 100 valence electrons.